The number of rotatable bonds is 10. The van der Waals surface area contributed by atoms with Crippen LogP contribution < -0.4 is 20.1 Å². The molecule has 0 radical (unpaired) electrons. The van der Waals surface area contributed by atoms with E-state index in [1.54, 1.807) is 6.07 Å². The van der Waals surface area contributed by atoms with E-state index in [0.29, 0.717) is 30.6 Å². The monoisotopic (exact) mass is 380 g/mol. The molecule has 27 heavy (non-hydrogen) atoms. The highest BCUT2D eigenvalue weighted by Crippen LogP contribution is 2.28. The lowest BCUT2D eigenvalue weighted by molar-refractivity contribution is -0.123. The van der Waals surface area contributed by atoms with E-state index in [1.165, 1.54) is 19.2 Å². The second-order valence-corrected chi connectivity index (χ2v) is 6.28. The number of esters is 1. The van der Waals surface area contributed by atoms with Gasteiger partial charge >= 0.3 is 12.0 Å². The van der Waals surface area contributed by atoms with E-state index in [0.717, 1.165) is 12.8 Å². The first-order valence-electron chi connectivity index (χ1n) is 8.93. The zero-order chi connectivity index (χ0) is 20.2. The van der Waals surface area contributed by atoms with Crippen molar-refractivity contribution in [3.05, 3.63) is 23.8 Å². The fraction of sp³-hybridized carbons (Fsp3) is 0.526. The van der Waals surface area contributed by atoms with Gasteiger partial charge in [0.15, 0.2) is 18.1 Å². The maximum absolute atomic E-state index is 12.1. The smallest absolute Gasteiger partial charge is 0.338 e. The third-order valence-electron chi connectivity index (χ3n) is 3.47. The molecule has 0 fully saturated rings. The lowest BCUT2D eigenvalue weighted by Gasteiger charge is -2.13. The van der Waals surface area contributed by atoms with Crippen LogP contribution in [-0.2, 0) is 9.53 Å². The molecule has 1 aromatic rings. The Bertz CT molecular complexity index is 645. The van der Waals surface area contributed by atoms with Crippen molar-refractivity contribution in [2.45, 2.75) is 33.6 Å². The zero-order valence-corrected chi connectivity index (χ0v) is 16.3. The lowest BCUT2D eigenvalue weighted by atomic mass is 10.1. The van der Waals surface area contributed by atoms with Gasteiger partial charge in [-0.2, -0.15) is 0 Å². The molecule has 0 heterocycles. The SMILES string of the molecule is CCCNC(=O)NC(=O)COC(=O)c1ccc(OCCC(C)C)c(OC)c1. The van der Waals surface area contributed by atoms with Crippen molar-refractivity contribution in [2.75, 3.05) is 26.9 Å². The van der Waals surface area contributed by atoms with Gasteiger partial charge in [-0.15, -0.1) is 0 Å². The summed E-state index contributed by atoms with van der Waals surface area (Å²) in [5.41, 5.74) is 0.214. The summed E-state index contributed by atoms with van der Waals surface area (Å²) < 4.78 is 15.8. The third kappa shape index (κ3) is 8.44. The molecule has 8 nitrogen and oxygen atoms in total. The van der Waals surface area contributed by atoms with Crippen molar-refractivity contribution in [3.63, 3.8) is 0 Å². The molecule has 0 aromatic heterocycles. The van der Waals surface area contributed by atoms with Crippen LogP contribution in [0, 0.1) is 5.92 Å². The highest BCUT2D eigenvalue weighted by atomic mass is 16.5. The van der Waals surface area contributed by atoms with Crippen LogP contribution in [0.5, 0.6) is 11.5 Å². The summed E-state index contributed by atoms with van der Waals surface area (Å²) in [7, 11) is 1.47. The molecular formula is C19H28N2O6. The van der Waals surface area contributed by atoms with Crippen LogP contribution in [0.4, 0.5) is 4.79 Å². The molecule has 2 N–H and O–H groups in total. The molecule has 8 heteroatoms. The summed E-state index contributed by atoms with van der Waals surface area (Å²) in [5, 5.41) is 4.56. The Kier molecular flexibility index (Phi) is 9.71. The average molecular weight is 380 g/mol. The quantitative estimate of drug-likeness (QED) is 0.605. The van der Waals surface area contributed by atoms with Gasteiger partial charge in [0, 0.05) is 6.54 Å². The second-order valence-electron chi connectivity index (χ2n) is 6.28. The predicted octanol–water partition coefficient (Wildman–Crippen LogP) is 2.51. The summed E-state index contributed by atoms with van der Waals surface area (Å²) in [5.74, 6) is 0.0285. The van der Waals surface area contributed by atoms with E-state index in [1.807, 2.05) is 6.92 Å². The van der Waals surface area contributed by atoms with Crippen molar-refractivity contribution >= 4 is 17.9 Å². The third-order valence-corrected chi connectivity index (χ3v) is 3.47. The summed E-state index contributed by atoms with van der Waals surface area (Å²) in [6.45, 7) is 6.51. The number of carbonyl (C=O) groups excluding carboxylic acids is 3. The first kappa shape index (κ1) is 22.3. The molecular weight excluding hydrogens is 352 g/mol. The largest absolute Gasteiger partial charge is 0.493 e. The molecule has 0 unspecified atom stereocenters. The fourth-order valence-electron chi connectivity index (χ4n) is 1.98. The Morgan fingerprint density at radius 1 is 1.15 bits per heavy atom. The molecule has 1 aromatic carbocycles. The molecule has 0 aliphatic heterocycles. The summed E-state index contributed by atoms with van der Waals surface area (Å²) in [6.07, 6.45) is 1.64. The lowest BCUT2D eigenvalue weighted by Crippen LogP contribution is -2.41. The number of methoxy groups -OCH3 is 1. The fourth-order valence-corrected chi connectivity index (χ4v) is 1.98. The van der Waals surface area contributed by atoms with E-state index < -0.39 is 24.5 Å². The van der Waals surface area contributed by atoms with Crippen molar-refractivity contribution in [3.8, 4) is 11.5 Å². The number of benzene rings is 1. The van der Waals surface area contributed by atoms with Crippen molar-refractivity contribution in [2.24, 2.45) is 5.92 Å². The van der Waals surface area contributed by atoms with Gasteiger partial charge in [-0.1, -0.05) is 20.8 Å². The molecule has 3 amide bonds. The van der Waals surface area contributed by atoms with Gasteiger partial charge in [0.25, 0.3) is 5.91 Å². The van der Waals surface area contributed by atoms with Gasteiger partial charge in [-0.3, -0.25) is 10.1 Å². The van der Waals surface area contributed by atoms with E-state index in [-0.39, 0.29) is 5.56 Å². The van der Waals surface area contributed by atoms with Crippen LogP contribution in [0.25, 0.3) is 0 Å². The van der Waals surface area contributed by atoms with Gasteiger partial charge in [0.1, 0.15) is 0 Å². The van der Waals surface area contributed by atoms with Gasteiger partial charge in [0.05, 0.1) is 19.3 Å². The van der Waals surface area contributed by atoms with Crippen LogP contribution in [0.3, 0.4) is 0 Å². The maximum atomic E-state index is 12.1. The number of imide groups is 1. The van der Waals surface area contributed by atoms with Gasteiger partial charge in [-0.05, 0) is 37.0 Å². The number of amides is 3. The minimum absolute atomic E-state index is 0.214. The number of ether oxygens (including phenoxy) is 3. The van der Waals surface area contributed by atoms with Crippen LogP contribution in [-0.4, -0.2) is 44.8 Å². The number of hydrogen-bond acceptors (Lipinski definition) is 6. The highest BCUT2D eigenvalue weighted by Gasteiger charge is 2.15. The Morgan fingerprint density at radius 3 is 2.52 bits per heavy atom. The standard InChI is InChI=1S/C19H28N2O6/c1-5-9-20-19(24)21-17(22)12-27-18(23)14-6-7-15(16(11-14)25-4)26-10-8-13(2)3/h6-7,11,13H,5,8-10,12H2,1-4H3,(H2,20,21,22,24). The minimum Gasteiger partial charge on any atom is -0.493 e. The zero-order valence-electron chi connectivity index (χ0n) is 16.3. The van der Waals surface area contributed by atoms with E-state index in [2.05, 4.69) is 24.5 Å². The summed E-state index contributed by atoms with van der Waals surface area (Å²) in [6, 6.07) is 4.01. The first-order chi connectivity index (χ1) is 12.9. The minimum atomic E-state index is -0.711. The second kappa shape index (κ2) is 11.8. The van der Waals surface area contributed by atoms with E-state index >= 15 is 0 Å². The summed E-state index contributed by atoms with van der Waals surface area (Å²) in [4.78, 5) is 35.1. The molecule has 150 valence electrons. The van der Waals surface area contributed by atoms with Crippen molar-refractivity contribution < 1.29 is 28.6 Å². The van der Waals surface area contributed by atoms with E-state index in [4.69, 9.17) is 14.2 Å². The van der Waals surface area contributed by atoms with Crippen LogP contribution in [0.1, 0.15) is 44.0 Å². The van der Waals surface area contributed by atoms with Crippen LogP contribution >= 0.6 is 0 Å². The molecule has 1 rings (SSSR count). The van der Waals surface area contributed by atoms with Crippen molar-refractivity contribution in [1.82, 2.24) is 10.6 Å². The van der Waals surface area contributed by atoms with Gasteiger partial charge in [-0.25, -0.2) is 9.59 Å². The number of hydrogen-bond donors (Lipinski definition) is 2. The number of nitrogens with one attached hydrogen (secondary N) is 2. The number of carbonyl (C=O) groups is 3. The Labute approximate surface area is 159 Å². The normalized spacial score (nSPS) is 10.3. The number of urea groups is 1. The molecule has 0 aliphatic carbocycles. The molecule has 0 spiro atoms. The van der Waals surface area contributed by atoms with Crippen molar-refractivity contribution in [1.29, 1.82) is 0 Å². The molecule has 0 atom stereocenters. The van der Waals surface area contributed by atoms with Crippen LogP contribution in [0.15, 0.2) is 18.2 Å². The van der Waals surface area contributed by atoms with Crippen LogP contribution in [0.2, 0.25) is 0 Å². The summed E-state index contributed by atoms with van der Waals surface area (Å²) >= 11 is 0. The predicted molar refractivity (Wildman–Crippen MR) is 100 cm³/mol. The molecule has 0 saturated carbocycles. The molecule has 0 aliphatic rings. The molecule has 0 saturated heterocycles. The highest BCUT2D eigenvalue weighted by molar-refractivity contribution is 5.97. The first-order valence-corrected chi connectivity index (χ1v) is 8.93. The van der Waals surface area contributed by atoms with E-state index in [9.17, 15) is 14.4 Å². The topological polar surface area (TPSA) is 103 Å². The van der Waals surface area contributed by atoms with Gasteiger partial charge < -0.3 is 19.5 Å². The maximum Gasteiger partial charge on any atom is 0.338 e. The Morgan fingerprint density at radius 2 is 1.89 bits per heavy atom. The Balaban J connectivity index is 2.57. The van der Waals surface area contributed by atoms with Gasteiger partial charge in [0.2, 0.25) is 0 Å². The Hall–Kier alpha value is -2.77. The average Bonchev–Trinajstić information content (AvgIpc) is 2.64. The molecule has 0 bridgehead atoms.